The molecular formula is C16H30O6S2. The Morgan fingerprint density at radius 3 is 1.62 bits per heavy atom. The van der Waals surface area contributed by atoms with E-state index in [2.05, 4.69) is 4.18 Å². The number of ether oxygens (including phenoxy) is 1. The van der Waals surface area contributed by atoms with Gasteiger partial charge in [-0.25, -0.2) is 0 Å². The summed E-state index contributed by atoms with van der Waals surface area (Å²) in [4.78, 5) is 0. The Morgan fingerprint density at radius 1 is 0.875 bits per heavy atom. The summed E-state index contributed by atoms with van der Waals surface area (Å²) < 4.78 is 50.7. The second-order valence-electron chi connectivity index (χ2n) is 5.46. The lowest BCUT2D eigenvalue weighted by molar-refractivity contribution is 0.351. The minimum absolute atomic E-state index is 0.179. The molecule has 0 N–H and O–H groups in total. The van der Waals surface area contributed by atoms with Gasteiger partial charge < -0.3 is 4.74 Å². The summed E-state index contributed by atoms with van der Waals surface area (Å²) in [7, 11) is -5.51. The van der Waals surface area contributed by atoms with Gasteiger partial charge in [-0.3, -0.25) is 4.18 Å². The first kappa shape index (κ1) is 25.3. The summed E-state index contributed by atoms with van der Waals surface area (Å²) in [5.74, 6) is 0. The van der Waals surface area contributed by atoms with E-state index in [1.807, 2.05) is 41.5 Å². The number of allylic oxidation sites excluding steroid dienone is 2. The van der Waals surface area contributed by atoms with Gasteiger partial charge in [0.1, 0.15) is 0 Å². The summed E-state index contributed by atoms with van der Waals surface area (Å²) in [6.07, 6.45) is 2.95. The molecule has 0 bridgehead atoms. The molecule has 0 aromatic carbocycles. The molecule has 0 aromatic heterocycles. The van der Waals surface area contributed by atoms with Gasteiger partial charge >= 0.3 is 0 Å². The zero-order valence-electron chi connectivity index (χ0n) is 15.7. The van der Waals surface area contributed by atoms with Crippen molar-refractivity contribution in [1.82, 2.24) is 0 Å². The molecule has 0 rings (SSSR count). The van der Waals surface area contributed by atoms with Gasteiger partial charge in [0.25, 0.3) is 10.1 Å². The first-order chi connectivity index (χ1) is 10.9. The van der Waals surface area contributed by atoms with E-state index in [1.54, 1.807) is 0 Å². The van der Waals surface area contributed by atoms with Crippen LogP contribution in [-0.4, -0.2) is 41.9 Å². The van der Waals surface area contributed by atoms with Gasteiger partial charge in [-0.15, -0.1) is 0 Å². The van der Waals surface area contributed by atoms with Crippen LogP contribution in [0, 0.1) is 0 Å². The van der Waals surface area contributed by atoms with E-state index >= 15 is 0 Å². The molecule has 0 spiro atoms. The van der Waals surface area contributed by atoms with Gasteiger partial charge in [0, 0.05) is 0 Å². The van der Waals surface area contributed by atoms with Gasteiger partial charge in [-0.1, -0.05) is 25.0 Å². The van der Waals surface area contributed by atoms with Gasteiger partial charge in [0.15, 0.2) is 5.55 Å². The lowest BCUT2D eigenvalue weighted by Gasteiger charge is -2.04. The average Bonchev–Trinajstić information content (AvgIpc) is 2.50. The largest absolute Gasteiger partial charge is 0.334 e. The Morgan fingerprint density at radius 2 is 1.29 bits per heavy atom. The maximum atomic E-state index is 10.6. The lowest BCUT2D eigenvalue weighted by atomic mass is 10.1. The molecular weight excluding hydrogens is 352 g/mol. The normalized spacial score (nSPS) is 13.3. The van der Waals surface area contributed by atoms with E-state index in [9.17, 15) is 16.8 Å². The Labute approximate surface area is 148 Å². The van der Waals surface area contributed by atoms with Crippen molar-refractivity contribution in [3.63, 3.8) is 0 Å². The monoisotopic (exact) mass is 382 g/mol. The summed E-state index contributed by atoms with van der Waals surface area (Å²) >= 11 is 0. The zero-order chi connectivity index (χ0) is 19.3. The molecule has 8 heteroatoms. The van der Waals surface area contributed by atoms with E-state index in [4.69, 9.17) is 4.74 Å². The van der Waals surface area contributed by atoms with Crippen molar-refractivity contribution in [2.45, 2.75) is 54.4 Å². The van der Waals surface area contributed by atoms with Crippen LogP contribution < -0.4 is 0 Å². The molecule has 0 atom stereocenters. The third-order valence-corrected chi connectivity index (χ3v) is 4.29. The van der Waals surface area contributed by atoms with Crippen LogP contribution >= 0.6 is 0 Å². The summed E-state index contributed by atoms with van der Waals surface area (Å²) in [5.41, 5.74) is 5.30. The predicted molar refractivity (Wildman–Crippen MR) is 99.1 cm³/mol. The molecule has 0 saturated heterocycles. The lowest BCUT2D eigenvalue weighted by Crippen LogP contribution is -2.05. The van der Waals surface area contributed by atoms with E-state index in [-0.39, 0.29) is 6.61 Å². The predicted octanol–water partition coefficient (Wildman–Crippen LogP) is 3.10. The van der Waals surface area contributed by atoms with Crippen molar-refractivity contribution in [1.29, 1.82) is 0 Å². The van der Waals surface area contributed by atoms with Crippen LogP contribution in [0.3, 0.4) is 0 Å². The van der Waals surface area contributed by atoms with Crippen LogP contribution in [-0.2, 0) is 29.3 Å². The fourth-order valence-electron chi connectivity index (χ4n) is 1.26. The smallest absolute Gasteiger partial charge is 0.264 e. The fraction of sp³-hybridized carbons (Fsp3) is 0.688. The van der Waals surface area contributed by atoms with Crippen LogP contribution in [0.5, 0.6) is 0 Å². The number of hydrogen-bond acceptors (Lipinski definition) is 6. The molecule has 0 radical (unpaired) electrons. The minimum Gasteiger partial charge on any atom is -0.334 e. The molecule has 0 saturated carbocycles. The Hall–Kier alpha value is -0.960. The molecule has 0 aliphatic rings. The van der Waals surface area contributed by atoms with Crippen LogP contribution in [0.4, 0.5) is 0 Å². The van der Waals surface area contributed by atoms with Gasteiger partial charge in [-0.05, 0) is 51.7 Å². The molecule has 0 unspecified atom stereocenters. The molecule has 142 valence electrons. The first-order valence-corrected chi connectivity index (χ1v) is 10.6. The topological polar surface area (TPSA) is 86.7 Å². The Bertz CT molecular complexity index is 659. The third-order valence-electron chi connectivity index (χ3n) is 3.45. The minimum atomic E-state index is -3.30. The quantitative estimate of drug-likeness (QED) is 0.364. The molecule has 24 heavy (non-hydrogen) atoms. The van der Waals surface area contributed by atoms with Crippen molar-refractivity contribution in [3.8, 4) is 0 Å². The molecule has 0 heterocycles. The maximum absolute atomic E-state index is 10.6. The molecule has 0 aliphatic heterocycles. The number of hydrogen-bond donors (Lipinski definition) is 0. The molecule has 0 aromatic rings. The van der Waals surface area contributed by atoms with Crippen LogP contribution in [0.2, 0.25) is 0 Å². The highest BCUT2D eigenvalue weighted by Crippen LogP contribution is 2.08. The van der Waals surface area contributed by atoms with Crippen molar-refractivity contribution in [3.05, 3.63) is 22.3 Å². The second kappa shape index (κ2) is 13.3. The number of rotatable bonds is 8. The Kier molecular flexibility index (Phi) is 14.1. The van der Waals surface area contributed by atoms with Crippen molar-refractivity contribution >= 4 is 26.0 Å². The molecule has 6 nitrogen and oxygen atoms in total. The Balaban J connectivity index is 0. The van der Waals surface area contributed by atoms with E-state index in [1.165, 1.54) is 11.1 Å². The first-order valence-electron chi connectivity index (χ1n) is 7.62. The maximum Gasteiger partial charge on any atom is 0.264 e. The van der Waals surface area contributed by atoms with E-state index < -0.39 is 20.4 Å². The van der Waals surface area contributed by atoms with Crippen molar-refractivity contribution in [2.75, 3.05) is 19.5 Å². The molecule has 0 aliphatic carbocycles. The highest BCUT2D eigenvalue weighted by Gasteiger charge is 2.02. The van der Waals surface area contributed by atoms with Gasteiger partial charge in [-0.2, -0.15) is 16.8 Å². The van der Waals surface area contributed by atoms with Crippen LogP contribution in [0.15, 0.2) is 22.3 Å². The van der Waals surface area contributed by atoms with Gasteiger partial charge in [0.2, 0.25) is 10.3 Å². The SMILES string of the molecule is CC/C(C)=C(/C)COC=S(=O)=O.CC/C(C)=C(/C)COS(C)(=O)=O. The van der Waals surface area contributed by atoms with Crippen molar-refractivity contribution in [2.24, 2.45) is 0 Å². The molecule has 0 fully saturated rings. The third kappa shape index (κ3) is 15.9. The average molecular weight is 383 g/mol. The van der Waals surface area contributed by atoms with E-state index in [0.29, 0.717) is 6.61 Å². The highest BCUT2D eigenvalue weighted by atomic mass is 32.2. The van der Waals surface area contributed by atoms with Gasteiger partial charge in [0.05, 0.1) is 19.5 Å². The second-order valence-corrected chi connectivity index (χ2v) is 7.82. The van der Waals surface area contributed by atoms with E-state index in [0.717, 1.165) is 35.8 Å². The zero-order valence-corrected chi connectivity index (χ0v) is 17.3. The van der Waals surface area contributed by atoms with Crippen molar-refractivity contribution < 1.29 is 25.8 Å². The summed E-state index contributed by atoms with van der Waals surface area (Å²) in [5, 5.41) is 0. The fourth-order valence-corrected chi connectivity index (χ4v) is 1.83. The summed E-state index contributed by atoms with van der Waals surface area (Å²) in [6, 6.07) is 0. The highest BCUT2D eigenvalue weighted by molar-refractivity contribution is 7.86. The van der Waals surface area contributed by atoms with Crippen LogP contribution in [0.25, 0.3) is 0 Å². The summed E-state index contributed by atoms with van der Waals surface area (Å²) in [6.45, 7) is 12.4. The standard InChI is InChI=1S/C8H16O3S.C8H14O3S/c1-5-7(2)8(3)6-11-12(4,9)10;1-4-7(2)8(3)5-11-6-12(9)10/h5-6H2,1-4H3;6H,4-5H2,1-3H3/b2*8-7-. The van der Waals surface area contributed by atoms with Crippen LogP contribution in [0.1, 0.15) is 54.4 Å². The molecule has 0 amide bonds.